The lowest BCUT2D eigenvalue weighted by molar-refractivity contribution is -0.145. The zero-order chi connectivity index (χ0) is 29.4. The van der Waals surface area contributed by atoms with Gasteiger partial charge in [-0.15, -0.1) is 0 Å². The first-order valence-corrected chi connectivity index (χ1v) is 14.2. The van der Waals surface area contributed by atoms with E-state index in [9.17, 15) is 9.59 Å². The Morgan fingerprint density at radius 3 is 2.34 bits per heavy atom. The van der Waals surface area contributed by atoms with Crippen LogP contribution in [0, 0.1) is 0 Å². The Bertz CT molecular complexity index is 1360. The van der Waals surface area contributed by atoms with E-state index in [1.165, 1.54) is 7.11 Å². The van der Waals surface area contributed by atoms with E-state index in [0.29, 0.717) is 47.7 Å². The number of fused-ring (bicyclic) bond motifs is 1. The summed E-state index contributed by atoms with van der Waals surface area (Å²) in [6, 6.07) is 16.6. The van der Waals surface area contributed by atoms with Crippen LogP contribution < -0.4 is 23.8 Å². The van der Waals surface area contributed by atoms with Crippen LogP contribution in [0.4, 0.5) is 10.5 Å². The molecule has 0 saturated heterocycles. The smallest absolute Gasteiger partial charge is 0.493 e. The highest BCUT2D eigenvalue weighted by Gasteiger charge is 2.35. The van der Waals surface area contributed by atoms with Gasteiger partial charge in [0.1, 0.15) is 12.6 Å². The van der Waals surface area contributed by atoms with Crippen molar-refractivity contribution in [1.82, 2.24) is 0 Å². The number of nitrogens with zero attached hydrogens (tertiary/aromatic N) is 1. The fourth-order valence-electron chi connectivity index (χ4n) is 4.74. The van der Waals surface area contributed by atoms with Gasteiger partial charge in [-0.2, -0.15) is 0 Å². The molecule has 0 aliphatic carbocycles. The summed E-state index contributed by atoms with van der Waals surface area (Å²) in [7, 11) is 3.10. The summed E-state index contributed by atoms with van der Waals surface area (Å²) in [6.45, 7) is 4.59. The number of carbonyl (C=O) groups excluding carboxylic acids is 2. The van der Waals surface area contributed by atoms with Gasteiger partial charge in [0.15, 0.2) is 23.0 Å². The van der Waals surface area contributed by atoms with Gasteiger partial charge in [0.25, 0.3) is 0 Å². The predicted molar refractivity (Wildman–Crippen MR) is 157 cm³/mol. The van der Waals surface area contributed by atoms with Crippen LogP contribution in [-0.2, 0) is 33.8 Å². The third kappa shape index (κ3) is 7.05. The molecule has 1 aliphatic rings. The van der Waals surface area contributed by atoms with E-state index < -0.39 is 12.2 Å². The molecule has 1 aliphatic heterocycles. The van der Waals surface area contributed by atoms with Crippen LogP contribution in [0.25, 0.3) is 0 Å². The Hall–Kier alpha value is -3.92. The second-order valence-electron chi connectivity index (χ2n) is 9.20. The molecule has 1 atom stereocenters. The molecular weight excluding hydrogens is 594 g/mol. The Morgan fingerprint density at radius 2 is 1.66 bits per heavy atom. The maximum Gasteiger partial charge on any atom is 0.513 e. The van der Waals surface area contributed by atoms with Crippen LogP contribution in [0.3, 0.4) is 0 Å². The fourth-order valence-corrected chi connectivity index (χ4v) is 5.31. The van der Waals surface area contributed by atoms with E-state index >= 15 is 0 Å². The first kappa shape index (κ1) is 30.0. The summed E-state index contributed by atoms with van der Waals surface area (Å²) in [4.78, 5) is 27.3. The molecule has 0 aromatic heterocycles. The summed E-state index contributed by atoms with van der Waals surface area (Å²) in [5, 5.41) is 0. The Labute approximate surface area is 248 Å². The number of anilines is 1. The lowest BCUT2D eigenvalue weighted by Gasteiger charge is -2.38. The molecule has 0 amide bonds. The highest BCUT2D eigenvalue weighted by Crippen LogP contribution is 2.43. The predicted octanol–water partition coefficient (Wildman–Crippen LogP) is 6.47. The van der Waals surface area contributed by atoms with Gasteiger partial charge < -0.3 is 33.3 Å². The molecule has 10 heteroatoms. The number of halogens is 1. The van der Waals surface area contributed by atoms with Gasteiger partial charge in [0.2, 0.25) is 0 Å². The van der Waals surface area contributed by atoms with Crippen molar-refractivity contribution < 1.29 is 38.0 Å². The first-order chi connectivity index (χ1) is 19.9. The van der Waals surface area contributed by atoms with Gasteiger partial charge in [-0.1, -0.05) is 36.4 Å². The number of ether oxygens (including phenoxy) is 6. The molecule has 0 saturated carbocycles. The van der Waals surface area contributed by atoms with Gasteiger partial charge in [0.05, 0.1) is 31.9 Å². The standard InChI is InChI=1S/C31H34BrNO8/c1-5-38-30(34)23-14-12-21-16-26(37-4)27(41-31(35)39-6-2)17-24(21)33(23)18-22-13-15-25(36-3)29(28(22)32)40-19-20-10-8-7-9-11-20/h7-11,13,15-17,23H,5-6,12,14,18-19H2,1-4H3/t23-/m1/s1. The van der Waals surface area contributed by atoms with E-state index in [1.54, 1.807) is 27.0 Å². The molecule has 4 rings (SSSR count). The third-order valence-corrected chi connectivity index (χ3v) is 7.55. The Morgan fingerprint density at radius 1 is 0.927 bits per heavy atom. The van der Waals surface area contributed by atoms with Gasteiger partial charge >= 0.3 is 12.1 Å². The molecule has 0 spiro atoms. The maximum absolute atomic E-state index is 13.1. The van der Waals surface area contributed by atoms with Crippen LogP contribution in [0.1, 0.15) is 37.0 Å². The highest BCUT2D eigenvalue weighted by atomic mass is 79.9. The molecule has 1 heterocycles. The normalized spacial score (nSPS) is 14.1. The molecule has 9 nitrogen and oxygen atoms in total. The number of hydrogen-bond donors (Lipinski definition) is 0. The number of benzene rings is 3. The van der Waals surface area contributed by atoms with Gasteiger partial charge in [-0.05, 0) is 71.4 Å². The Balaban J connectivity index is 1.73. The number of hydrogen-bond acceptors (Lipinski definition) is 9. The van der Waals surface area contributed by atoms with Gasteiger partial charge in [-0.25, -0.2) is 9.59 Å². The van der Waals surface area contributed by atoms with E-state index in [2.05, 4.69) is 15.9 Å². The van der Waals surface area contributed by atoms with Crippen molar-refractivity contribution in [3.63, 3.8) is 0 Å². The van der Waals surface area contributed by atoms with Gasteiger partial charge in [-0.3, -0.25) is 0 Å². The van der Waals surface area contributed by atoms with Crippen molar-refractivity contribution in [2.45, 2.75) is 45.9 Å². The van der Waals surface area contributed by atoms with Crippen molar-refractivity contribution in [2.75, 3.05) is 32.3 Å². The minimum atomic E-state index is -0.840. The summed E-state index contributed by atoms with van der Waals surface area (Å²) in [5.74, 6) is 1.40. The van der Waals surface area contributed by atoms with Crippen molar-refractivity contribution in [2.24, 2.45) is 0 Å². The molecule has 0 unspecified atom stereocenters. The number of methoxy groups -OCH3 is 2. The SMILES string of the molecule is CCOC(=O)Oc1cc2c(cc1OC)CC[C@H](C(=O)OCC)N2Cc1ccc(OC)c(OCc2ccccc2)c1Br. The molecular formula is C31H34BrNO8. The number of aryl methyl sites for hydroxylation is 1. The van der Waals surface area contributed by atoms with Crippen LogP contribution in [0.5, 0.6) is 23.0 Å². The topological polar surface area (TPSA) is 92.8 Å². The average Bonchev–Trinajstić information content (AvgIpc) is 2.98. The molecule has 218 valence electrons. The number of carbonyl (C=O) groups is 2. The zero-order valence-corrected chi connectivity index (χ0v) is 25.2. The summed E-state index contributed by atoms with van der Waals surface area (Å²) in [5.41, 5.74) is 3.55. The largest absolute Gasteiger partial charge is 0.513 e. The maximum atomic E-state index is 13.1. The van der Waals surface area contributed by atoms with E-state index in [4.69, 9.17) is 28.4 Å². The van der Waals surface area contributed by atoms with Gasteiger partial charge in [0, 0.05) is 18.3 Å². The molecule has 3 aromatic rings. The van der Waals surface area contributed by atoms with Crippen LogP contribution in [0.15, 0.2) is 59.1 Å². The fraction of sp³-hybridized carbons (Fsp3) is 0.355. The first-order valence-electron chi connectivity index (χ1n) is 13.4. The van der Waals surface area contributed by atoms with Crippen molar-refractivity contribution in [3.05, 3.63) is 75.8 Å². The molecule has 0 N–H and O–H groups in total. The average molecular weight is 629 g/mol. The zero-order valence-electron chi connectivity index (χ0n) is 23.6. The van der Waals surface area contributed by atoms with Crippen molar-refractivity contribution in [3.8, 4) is 23.0 Å². The van der Waals surface area contributed by atoms with E-state index in [1.807, 2.05) is 53.4 Å². The quantitative estimate of drug-likeness (QED) is 0.175. The summed E-state index contributed by atoms with van der Waals surface area (Å²) in [6.07, 6.45) is 0.312. The molecule has 0 fully saturated rings. The molecule has 41 heavy (non-hydrogen) atoms. The van der Waals surface area contributed by atoms with E-state index in [0.717, 1.165) is 22.4 Å². The van der Waals surface area contributed by atoms with E-state index in [-0.39, 0.29) is 24.9 Å². The minimum Gasteiger partial charge on any atom is -0.493 e. The Kier molecular flexibility index (Phi) is 10.3. The second kappa shape index (κ2) is 14.1. The lowest BCUT2D eigenvalue weighted by Crippen LogP contribution is -2.45. The summed E-state index contributed by atoms with van der Waals surface area (Å²) >= 11 is 3.73. The van der Waals surface area contributed by atoms with Crippen LogP contribution in [0.2, 0.25) is 0 Å². The molecule has 0 bridgehead atoms. The number of rotatable bonds is 11. The number of esters is 1. The monoisotopic (exact) mass is 627 g/mol. The molecule has 0 radical (unpaired) electrons. The van der Waals surface area contributed by atoms with Crippen molar-refractivity contribution in [1.29, 1.82) is 0 Å². The van der Waals surface area contributed by atoms with Crippen LogP contribution in [-0.4, -0.2) is 45.6 Å². The lowest BCUT2D eigenvalue weighted by atomic mass is 9.94. The molecule has 3 aromatic carbocycles. The van der Waals surface area contributed by atoms with Crippen LogP contribution >= 0.6 is 15.9 Å². The second-order valence-corrected chi connectivity index (χ2v) is 9.99. The third-order valence-electron chi connectivity index (χ3n) is 6.68. The minimum absolute atomic E-state index is 0.170. The summed E-state index contributed by atoms with van der Waals surface area (Å²) < 4.78 is 33.9. The highest BCUT2D eigenvalue weighted by molar-refractivity contribution is 9.10. The van der Waals surface area contributed by atoms with Crippen molar-refractivity contribution >= 4 is 33.7 Å².